The lowest BCUT2D eigenvalue weighted by atomic mass is 10.1. The third-order valence-corrected chi connectivity index (χ3v) is 5.19. The summed E-state index contributed by atoms with van der Waals surface area (Å²) in [6.45, 7) is 0.472. The van der Waals surface area contributed by atoms with E-state index in [1.165, 1.54) is 10.4 Å². The van der Waals surface area contributed by atoms with Gasteiger partial charge in [-0.3, -0.25) is 0 Å². The number of rotatable bonds is 2. The van der Waals surface area contributed by atoms with Gasteiger partial charge < -0.3 is 5.73 Å². The average Bonchev–Trinajstić information content (AvgIpc) is 2.38. The number of halogens is 4. The minimum absolute atomic E-state index is 0. The first-order valence-electron chi connectivity index (χ1n) is 6.14. The second-order valence-corrected chi connectivity index (χ2v) is 6.71. The Morgan fingerprint density at radius 3 is 2.29 bits per heavy atom. The van der Waals surface area contributed by atoms with Gasteiger partial charge in [-0.25, -0.2) is 8.42 Å². The molecule has 0 atom stereocenters. The smallest absolute Gasteiger partial charge is 0.328 e. The second-order valence-electron chi connectivity index (χ2n) is 4.77. The van der Waals surface area contributed by atoms with Gasteiger partial charge in [0.15, 0.2) is 0 Å². The van der Waals surface area contributed by atoms with Crippen molar-refractivity contribution in [1.82, 2.24) is 4.31 Å². The molecule has 1 aliphatic heterocycles. The summed E-state index contributed by atoms with van der Waals surface area (Å²) in [4.78, 5) is -0.331. The highest BCUT2D eigenvalue weighted by molar-refractivity contribution is 7.89. The topological polar surface area (TPSA) is 63.4 Å². The van der Waals surface area contributed by atoms with E-state index in [2.05, 4.69) is 0 Å². The molecular formula is C12H16ClF3N2O2S. The molecule has 120 valence electrons. The molecule has 4 nitrogen and oxygen atoms in total. The van der Waals surface area contributed by atoms with Gasteiger partial charge in [-0.2, -0.15) is 17.5 Å². The molecule has 0 amide bonds. The van der Waals surface area contributed by atoms with E-state index in [-0.39, 0.29) is 36.4 Å². The monoisotopic (exact) mass is 344 g/mol. The molecule has 0 saturated carbocycles. The molecule has 0 aromatic heterocycles. The summed E-state index contributed by atoms with van der Waals surface area (Å²) in [7, 11) is -3.89. The van der Waals surface area contributed by atoms with E-state index in [1.807, 2.05) is 0 Å². The van der Waals surface area contributed by atoms with Crippen LogP contribution in [0.4, 0.5) is 13.2 Å². The lowest BCUT2D eigenvalue weighted by Crippen LogP contribution is -2.42. The maximum atomic E-state index is 12.6. The van der Waals surface area contributed by atoms with Gasteiger partial charge in [-0.15, -0.1) is 12.4 Å². The molecule has 1 fully saturated rings. The Kier molecular flexibility index (Phi) is 5.65. The van der Waals surface area contributed by atoms with Crippen LogP contribution in [-0.2, 0) is 16.2 Å². The molecule has 0 unspecified atom stereocenters. The van der Waals surface area contributed by atoms with E-state index in [0.29, 0.717) is 18.9 Å². The Bertz CT molecular complexity index is 584. The lowest BCUT2D eigenvalue weighted by molar-refractivity contribution is -0.137. The highest BCUT2D eigenvalue weighted by atomic mass is 35.5. The molecule has 2 rings (SSSR count). The third-order valence-electron chi connectivity index (χ3n) is 3.30. The van der Waals surface area contributed by atoms with Crippen LogP contribution in [0.1, 0.15) is 18.4 Å². The first-order valence-corrected chi connectivity index (χ1v) is 7.58. The number of hydrogen-bond acceptors (Lipinski definition) is 3. The molecule has 0 bridgehead atoms. The molecule has 1 aliphatic rings. The summed E-state index contributed by atoms with van der Waals surface area (Å²) in [6.07, 6.45) is -3.54. The molecular weight excluding hydrogens is 329 g/mol. The minimum atomic E-state index is -4.56. The van der Waals surface area contributed by atoms with Crippen molar-refractivity contribution in [3.8, 4) is 0 Å². The average molecular weight is 345 g/mol. The number of alkyl halides is 3. The lowest BCUT2D eigenvalue weighted by Gasteiger charge is -2.29. The summed E-state index contributed by atoms with van der Waals surface area (Å²) in [5.74, 6) is 0. The quantitative estimate of drug-likeness (QED) is 0.895. The van der Waals surface area contributed by atoms with Crippen LogP contribution < -0.4 is 5.73 Å². The Balaban J connectivity index is 0.00000220. The van der Waals surface area contributed by atoms with Gasteiger partial charge in [0.05, 0.1) is 10.5 Å². The third kappa shape index (κ3) is 4.09. The molecule has 1 aromatic rings. The first kappa shape index (κ1) is 18.2. The summed E-state index contributed by atoms with van der Waals surface area (Å²) in [5.41, 5.74) is 4.72. The summed E-state index contributed by atoms with van der Waals surface area (Å²) in [6, 6.07) is 3.75. The van der Waals surface area contributed by atoms with Crippen LogP contribution in [0.3, 0.4) is 0 Å². The summed E-state index contributed by atoms with van der Waals surface area (Å²) >= 11 is 0. The van der Waals surface area contributed by atoms with Crippen molar-refractivity contribution in [3.05, 3.63) is 29.8 Å². The van der Waals surface area contributed by atoms with Gasteiger partial charge >= 0.3 is 6.18 Å². The van der Waals surface area contributed by atoms with Crippen LogP contribution in [0.2, 0.25) is 0 Å². The van der Waals surface area contributed by atoms with Crippen LogP contribution in [0.25, 0.3) is 0 Å². The van der Waals surface area contributed by atoms with Crippen molar-refractivity contribution in [1.29, 1.82) is 0 Å². The number of hydrogen-bond donors (Lipinski definition) is 1. The van der Waals surface area contributed by atoms with Gasteiger partial charge in [-0.1, -0.05) is 6.07 Å². The molecule has 1 saturated heterocycles. The maximum Gasteiger partial charge on any atom is 0.416 e. The van der Waals surface area contributed by atoms with Crippen molar-refractivity contribution in [2.24, 2.45) is 5.73 Å². The Morgan fingerprint density at radius 1 is 1.19 bits per heavy atom. The van der Waals surface area contributed by atoms with Crippen LogP contribution in [0.5, 0.6) is 0 Å². The molecule has 0 aliphatic carbocycles. The van der Waals surface area contributed by atoms with Gasteiger partial charge in [0.25, 0.3) is 0 Å². The fraction of sp³-hybridized carbons (Fsp3) is 0.500. The van der Waals surface area contributed by atoms with E-state index < -0.39 is 21.8 Å². The van der Waals surface area contributed by atoms with Gasteiger partial charge in [0, 0.05) is 19.1 Å². The largest absolute Gasteiger partial charge is 0.416 e. The normalized spacial score (nSPS) is 18.3. The summed E-state index contributed by atoms with van der Waals surface area (Å²) < 4.78 is 63.6. The standard InChI is InChI=1S/C12H15F3N2O2S.ClH/c13-12(14,15)9-2-1-3-11(8-9)20(18,19)17-6-4-10(16)5-7-17;/h1-3,8,10H,4-7,16H2;1H. The fourth-order valence-electron chi connectivity index (χ4n) is 2.10. The van der Waals surface area contributed by atoms with E-state index in [4.69, 9.17) is 5.73 Å². The molecule has 9 heteroatoms. The van der Waals surface area contributed by atoms with Crippen molar-refractivity contribution in [3.63, 3.8) is 0 Å². The van der Waals surface area contributed by atoms with Crippen LogP contribution in [-0.4, -0.2) is 31.9 Å². The van der Waals surface area contributed by atoms with Crippen LogP contribution in [0.15, 0.2) is 29.2 Å². The van der Waals surface area contributed by atoms with E-state index in [1.54, 1.807) is 0 Å². The van der Waals surface area contributed by atoms with Crippen molar-refractivity contribution in [2.75, 3.05) is 13.1 Å². The van der Waals surface area contributed by atoms with Crippen molar-refractivity contribution in [2.45, 2.75) is 30.0 Å². The van der Waals surface area contributed by atoms with Gasteiger partial charge in [0.1, 0.15) is 0 Å². The predicted octanol–water partition coefficient (Wildman–Crippen LogP) is 2.24. The molecule has 1 aromatic carbocycles. The number of nitrogens with zero attached hydrogens (tertiary/aromatic N) is 1. The van der Waals surface area contributed by atoms with E-state index in [0.717, 1.165) is 12.1 Å². The first-order chi connectivity index (χ1) is 9.21. The highest BCUT2D eigenvalue weighted by Crippen LogP contribution is 2.31. The zero-order chi connectivity index (χ0) is 15.0. The number of piperidine rings is 1. The second kappa shape index (κ2) is 6.51. The number of benzene rings is 1. The van der Waals surface area contributed by atoms with Crippen LogP contribution in [0, 0.1) is 0 Å². The Hall–Kier alpha value is -0.830. The molecule has 1 heterocycles. The van der Waals surface area contributed by atoms with E-state index >= 15 is 0 Å². The Labute approximate surface area is 127 Å². The maximum absolute atomic E-state index is 12.6. The zero-order valence-electron chi connectivity index (χ0n) is 11.0. The van der Waals surface area contributed by atoms with Crippen LogP contribution >= 0.6 is 12.4 Å². The predicted molar refractivity (Wildman–Crippen MR) is 74.7 cm³/mol. The van der Waals surface area contributed by atoms with Crippen molar-refractivity contribution >= 4 is 22.4 Å². The number of nitrogens with two attached hydrogens (primary N) is 1. The summed E-state index contributed by atoms with van der Waals surface area (Å²) in [5, 5.41) is 0. The van der Waals surface area contributed by atoms with Gasteiger partial charge in [0.2, 0.25) is 10.0 Å². The SMILES string of the molecule is Cl.NC1CCN(S(=O)(=O)c2cccc(C(F)(F)F)c2)CC1. The number of sulfonamides is 1. The Morgan fingerprint density at radius 2 is 1.76 bits per heavy atom. The molecule has 0 spiro atoms. The minimum Gasteiger partial charge on any atom is -0.328 e. The zero-order valence-corrected chi connectivity index (χ0v) is 12.6. The van der Waals surface area contributed by atoms with Gasteiger partial charge in [-0.05, 0) is 31.0 Å². The molecule has 2 N–H and O–H groups in total. The van der Waals surface area contributed by atoms with Crippen molar-refractivity contribution < 1.29 is 21.6 Å². The van der Waals surface area contributed by atoms with E-state index in [9.17, 15) is 21.6 Å². The highest BCUT2D eigenvalue weighted by Gasteiger charge is 2.33. The molecule has 0 radical (unpaired) electrons. The fourth-order valence-corrected chi connectivity index (χ4v) is 3.61. The molecule has 21 heavy (non-hydrogen) atoms.